The van der Waals surface area contributed by atoms with Gasteiger partial charge in [-0.1, -0.05) is 18.0 Å². The Balaban J connectivity index is 1.52. The first kappa shape index (κ1) is 18.0. The quantitative estimate of drug-likeness (QED) is 0.874. The van der Waals surface area contributed by atoms with Crippen molar-refractivity contribution in [3.63, 3.8) is 0 Å². The van der Waals surface area contributed by atoms with Crippen molar-refractivity contribution >= 4 is 29.1 Å². The van der Waals surface area contributed by atoms with E-state index in [4.69, 9.17) is 11.6 Å². The number of hydrogen-bond acceptors (Lipinski definition) is 4. The number of benzene rings is 1. The molecular weight excluding hydrogens is 366 g/mol. The Morgan fingerprint density at radius 2 is 2.00 bits per heavy atom. The molecule has 4 rings (SSSR count). The van der Waals surface area contributed by atoms with Crippen LogP contribution in [0.3, 0.4) is 0 Å². The minimum Gasteiger partial charge on any atom is -0.345 e. The number of carbonyl (C=O) groups excluding carboxylic acids is 2. The van der Waals surface area contributed by atoms with E-state index in [1.807, 2.05) is 0 Å². The van der Waals surface area contributed by atoms with E-state index < -0.39 is 0 Å². The van der Waals surface area contributed by atoms with Gasteiger partial charge in [0.25, 0.3) is 5.91 Å². The van der Waals surface area contributed by atoms with Crippen molar-refractivity contribution in [1.82, 2.24) is 20.1 Å². The van der Waals surface area contributed by atoms with Crippen LogP contribution in [0.5, 0.6) is 0 Å². The molecule has 1 fully saturated rings. The second kappa shape index (κ2) is 7.68. The fourth-order valence-corrected chi connectivity index (χ4v) is 3.92. The summed E-state index contributed by atoms with van der Waals surface area (Å²) in [6, 6.07) is 5.02. The average Bonchev–Trinajstić information content (AvgIpc) is 3.18. The highest BCUT2D eigenvalue weighted by Gasteiger charge is 2.26. The molecule has 0 spiro atoms. The Kier molecular flexibility index (Phi) is 5.11. The third-order valence-electron chi connectivity index (χ3n) is 5.16. The van der Waals surface area contributed by atoms with Gasteiger partial charge in [0.15, 0.2) is 5.82 Å². The SMILES string of the molecule is O=C(NCc1nnc2n1CCCCC2)c1ccc(Cl)cc1N1CCCC1=O. The summed E-state index contributed by atoms with van der Waals surface area (Å²) in [4.78, 5) is 26.6. The van der Waals surface area contributed by atoms with Crippen molar-refractivity contribution < 1.29 is 9.59 Å². The molecule has 0 radical (unpaired) electrons. The molecule has 0 aliphatic carbocycles. The zero-order valence-electron chi connectivity index (χ0n) is 15.1. The van der Waals surface area contributed by atoms with Gasteiger partial charge in [0, 0.05) is 31.0 Å². The molecule has 0 saturated carbocycles. The van der Waals surface area contributed by atoms with Gasteiger partial charge in [-0.15, -0.1) is 10.2 Å². The number of rotatable bonds is 4. The Labute approximate surface area is 162 Å². The van der Waals surface area contributed by atoms with Crippen LogP contribution in [0.25, 0.3) is 0 Å². The summed E-state index contributed by atoms with van der Waals surface area (Å²) in [5, 5.41) is 11.9. The van der Waals surface area contributed by atoms with E-state index in [-0.39, 0.29) is 11.8 Å². The summed E-state index contributed by atoms with van der Waals surface area (Å²) >= 11 is 6.11. The van der Waals surface area contributed by atoms with E-state index in [1.54, 1.807) is 23.1 Å². The predicted molar refractivity (Wildman–Crippen MR) is 102 cm³/mol. The molecule has 0 unspecified atom stereocenters. The van der Waals surface area contributed by atoms with Crippen molar-refractivity contribution in [3.8, 4) is 0 Å². The minimum atomic E-state index is -0.243. The van der Waals surface area contributed by atoms with Gasteiger partial charge in [-0.3, -0.25) is 9.59 Å². The lowest BCUT2D eigenvalue weighted by Gasteiger charge is -2.19. The molecule has 2 aliphatic rings. The summed E-state index contributed by atoms with van der Waals surface area (Å²) < 4.78 is 2.11. The van der Waals surface area contributed by atoms with Crippen LogP contribution in [0.15, 0.2) is 18.2 Å². The molecular formula is C19H22ClN5O2. The van der Waals surface area contributed by atoms with Gasteiger partial charge >= 0.3 is 0 Å². The van der Waals surface area contributed by atoms with Gasteiger partial charge in [0.1, 0.15) is 5.82 Å². The lowest BCUT2D eigenvalue weighted by atomic mass is 10.1. The maximum Gasteiger partial charge on any atom is 0.253 e. The van der Waals surface area contributed by atoms with Gasteiger partial charge < -0.3 is 14.8 Å². The van der Waals surface area contributed by atoms with Crippen LogP contribution in [0.1, 0.15) is 54.1 Å². The lowest BCUT2D eigenvalue weighted by Crippen LogP contribution is -2.30. The lowest BCUT2D eigenvalue weighted by molar-refractivity contribution is -0.117. The number of anilines is 1. The maximum absolute atomic E-state index is 12.8. The molecule has 2 amide bonds. The van der Waals surface area contributed by atoms with Crippen molar-refractivity contribution in [1.29, 1.82) is 0 Å². The summed E-state index contributed by atoms with van der Waals surface area (Å²) in [5.74, 6) is 1.54. The molecule has 2 aliphatic heterocycles. The summed E-state index contributed by atoms with van der Waals surface area (Å²) in [6.45, 7) is 1.81. The number of fused-ring (bicyclic) bond motifs is 1. The normalized spacial score (nSPS) is 16.9. The molecule has 8 heteroatoms. The van der Waals surface area contributed by atoms with Crippen molar-refractivity contribution in [2.75, 3.05) is 11.4 Å². The van der Waals surface area contributed by atoms with E-state index in [9.17, 15) is 9.59 Å². The highest BCUT2D eigenvalue weighted by Crippen LogP contribution is 2.28. The summed E-state index contributed by atoms with van der Waals surface area (Å²) in [5.41, 5.74) is 1.02. The van der Waals surface area contributed by atoms with Crippen LogP contribution < -0.4 is 10.2 Å². The van der Waals surface area contributed by atoms with Crippen LogP contribution >= 0.6 is 11.6 Å². The number of halogens is 1. The van der Waals surface area contributed by atoms with Gasteiger partial charge in [-0.25, -0.2) is 0 Å². The molecule has 27 heavy (non-hydrogen) atoms. The predicted octanol–water partition coefficient (Wildman–Crippen LogP) is 2.71. The first-order chi connectivity index (χ1) is 13.1. The van der Waals surface area contributed by atoms with E-state index >= 15 is 0 Å². The largest absolute Gasteiger partial charge is 0.345 e. The molecule has 1 saturated heterocycles. The van der Waals surface area contributed by atoms with E-state index in [2.05, 4.69) is 20.1 Å². The second-order valence-electron chi connectivity index (χ2n) is 6.99. The molecule has 3 heterocycles. The van der Waals surface area contributed by atoms with Crippen LogP contribution in [0, 0.1) is 0 Å². The molecule has 7 nitrogen and oxygen atoms in total. The fourth-order valence-electron chi connectivity index (χ4n) is 3.75. The summed E-state index contributed by atoms with van der Waals surface area (Å²) in [6.07, 6.45) is 5.64. The van der Waals surface area contributed by atoms with Crippen molar-refractivity contribution in [3.05, 3.63) is 40.4 Å². The Morgan fingerprint density at radius 1 is 1.11 bits per heavy atom. The number of carbonyl (C=O) groups is 2. The first-order valence-electron chi connectivity index (χ1n) is 9.42. The summed E-state index contributed by atoms with van der Waals surface area (Å²) in [7, 11) is 0. The highest BCUT2D eigenvalue weighted by atomic mass is 35.5. The number of aryl methyl sites for hydroxylation is 1. The number of nitrogens with one attached hydrogen (secondary N) is 1. The molecule has 1 N–H and O–H groups in total. The molecule has 0 bridgehead atoms. The van der Waals surface area contributed by atoms with E-state index in [0.29, 0.717) is 35.8 Å². The van der Waals surface area contributed by atoms with Crippen molar-refractivity contribution in [2.45, 2.75) is 51.6 Å². The fraction of sp³-hybridized carbons (Fsp3) is 0.474. The third-order valence-corrected chi connectivity index (χ3v) is 5.40. The van der Waals surface area contributed by atoms with Gasteiger partial charge in [-0.05, 0) is 37.5 Å². The molecule has 0 atom stereocenters. The number of amides is 2. The van der Waals surface area contributed by atoms with Gasteiger partial charge in [0.05, 0.1) is 17.8 Å². The number of hydrogen-bond donors (Lipinski definition) is 1. The molecule has 1 aromatic heterocycles. The van der Waals surface area contributed by atoms with Crippen molar-refractivity contribution in [2.24, 2.45) is 0 Å². The Morgan fingerprint density at radius 3 is 2.81 bits per heavy atom. The number of aromatic nitrogens is 3. The zero-order valence-corrected chi connectivity index (χ0v) is 15.8. The van der Waals surface area contributed by atoms with E-state index in [0.717, 1.165) is 43.9 Å². The molecule has 2 aromatic rings. The molecule has 142 valence electrons. The molecule has 1 aromatic carbocycles. The van der Waals surface area contributed by atoms with Gasteiger partial charge in [0.2, 0.25) is 5.91 Å². The monoisotopic (exact) mass is 387 g/mol. The average molecular weight is 388 g/mol. The zero-order chi connectivity index (χ0) is 18.8. The second-order valence-corrected chi connectivity index (χ2v) is 7.42. The minimum absolute atomic E-state index is 0.0223. The first-order valence-corrected chi connectivity index (χ1v) is 9.80. The number of nitrogens with zero attached hydrogens (tertiary/aromatic N) is 4. The standard InChI is InChI=1S/C19H22ClN5O2/c20-13-7-8-14(15(11-13)24-10-4-6-18(24)26)19(27)21-12-17-23-22-16-5-2-1-3-9-25(16)17/h7-8,11H,1-6,9-10,12H2,(H,21,27). The van der Waals surface area contributed by atoms with Crippen LogP contribution in [-0.4, -0.2) is 33.1 Å². The highest BCUT2D eigenvalue weighted by molar-refractivity contribution is 6.31. The van der Waals surface area contributed by atoms with E-state index in [1.165, 1.54) is 6.42 Å². The Hall–Kier alpha value is -2.41. The third kappa shape index (κ3) is 3.69. The van der Waals surface area contributed by atoms with Crippen LogP contribution in [-0.2, 0) is 24.3 Å². The topological polar surface area (TPSA) is 80.1 Å². The van der Waals surface area contributed by atoms with Crippen LogP contribution in [0.4, 0.5) is 5.69 Å². The Bertz CT molecular complexity index is 879. The van der Waals surface area contributed by atoms with Crippen LogP contribution in [0.2, 0.25) is 5.02 Å². The van der Waals surface area contributed by atoms with Gasteiger partial charge in [-0.2, -0.15) is 0 Å². The smallest absolute Gasteiger partial charge is 0.253 e. The maximum atomic E-state index is 12.8.